The van der Waals surface area contributed by atoms with Gasteiger partial charge in [0, 0.05) is 33.0 Å². The van der Waals surface area contributed by atoms with Crippen LogP contribution in [0.5, 0.6) is 0 Å². The fourth-order valence-electron chi connectivity index (χ4n) is 5.58. The number of aromatic nitrogens is 1. The maximum absolute atomic E-state index is 6.30. The van der Waals surface area contributed by atoms with Crippen molar-refractivity contribution >= 4 is 65.3 Å². The van der Waals surface area contributed by atoms with Crippen molar-refractivity contribution in [2.24, 2.45) is 0 Å². The van der Waals surface area contributed by atoms with E-state index in [2.05, 4.69) is 108 Å². The molecule has 2 heterocycles. The summed E-state index contributed by atoms with van der Waals surface area (Å²) in [6, 6.07) is 41.3. The predicted octanol–water partition coefficient (Wildman–Crippen LogP) is 8.99. The van der Waals surface area contributed by atoms with E-state index in [1.807, 2.05) is 12.1 Å². The molecule has 2 heteroatoms. The third-order valence-electron chi connectivity index (χ3n) is 7.14. The zero-order valence-electron chi connectivity index (χ0n) is 18.3. The maximum atomic E-state index is 6.30. The van der Waals surface area contributed by atoms with Crippen molar-refractivity contribution in [1.29, 1.82) is 0 Å². The fourth-order valence-corrected chi connectivity index (χ4v) is 5.58. The predicted molar refractivity (Wildman–Crippen MR) is 143 cm³/mol. The van der Waals surface area contributed by atoms with Crippen LogP contribution >= 0.6 is 0 Å². The number of benzene rings is 6. The summed E-state index contributed by atoms with van der Waals surface area (Å²) in [6.07, 6.45) is 0. The number of nitrogens with zero attached hydrogens (tertiary/aromatic N) is 1. The van der Waals surface area contributed by atoms with Gasteiger partial charge in [0.1, 0.15) is 11.2 Å². The Morgan fingerprint density at radius 3 is 1.94 bits per heavy atom. The smallest absolute Gasteiger partial charge is 0.137 e. The fraction of sp³-hybridized carbons (Fsp3) is 0. The van der Waals surface area contributed by atoms with Crippen molar-refractivity contribution in [3.05, 3.63) is 115 Å². The lowest BCUT2D eigenvalue weighted by molar-refractivity contribution is 0.669. The average Bonchev–Trinajstić information content (AvgIpc) is 3.40. The monoisotopic (exact) mass is 433 g/mol. The van der Waals surface area contributed by atoms with Crippen molar-refractivity contribution in [2.45, 2.75) is 0 Å². The minimum atomic E-state index is 0.919. The molecule has 8 rings (SSSR count). The molecule has 0 atom stereocenters. The molecule has 8 aromatic rings. The van der Waals surface area contributed by atoms with Crippen molar-refractivity contribution in [3.63, 3.8) is 0 Å². The molecule has 2 aromatic heterocycles. The first-order valence-corrected chi connectivity index (χ1v) is 11.6. The molecule has 0 bridgehead atoms. The molecule has 0 aliphatic rings. The highest BCUT2D eigenvalue weighted by molar-refractivity contribution is 6.19. The Kier molecular flexibility index (Phi) is 3.42. The van der Waals surface area contributed by atoms with Gasteiger partial charge in [0.25, 0.3) is 0 Å². The maximum Gasteiger partial charge on any atom is 0.137 e. The van der Waals surface area contributed by atoms with E-state index >= 15 is 0 Å². The highest BCUT2D eigenvalue weighted by Gasteiger charge is 2.18. The summed E-state index contributed by atoms with van der Waals surface area (Å²) >= 11 is 0. The molecular weight excluding hydrogens is 414 g/mol. The van der Waals surface area contributed by atoms with Gasteiger partial charge in [-0.2, -0.15) is 0 Å². The normalized spacial score (nSPS) is 12.1. The Balaban J connectivity index is 1.62. The Hall–Kier alpha value is -4.56. The lowest BCUT2D eigenvalue weighted by Gasteiger charge is -2.12. The van der Waals surface area contributed by atoms with Crippen molar-refractivity contribution < 1.29 is 4.42 Å². The van der Waals surface area contributed by atoms with Gasteiger partial charge in [0.15, 0.2) is 0 Å². The van der Waals surface area contributed by atoms with Crippen LogP contribution in [0, 0.1) is 0 Å². The van der Waals surface area contributed by atoms with Crippen LogP contribution in [0.2, 0.25) is 0 Å². The third kappa shape index (κ3) is 2.35. The number of rotatable bonds is 1. The first-order chi connectivity index (χ1) is 16.8. The summed E-state index contributed by atoms with van der Waals surface area (Å²) < 4.78 is 8.71. The van der Waals surface area contributed by atoms with Gasteiger partial charge in [-0.05, 0) is 46.5 Å². The second-order valence-corrected chi connectivity index (χ2v) is 9.01. The van der Waals surface area contributed by atoms with Gasteiger partial charge in [0.05, 0.1) is 16.7 Å². The van der Waals surface area contributed by atoms with E-state index in [4.69, 9.17) is 4.42 Å². The molecule has 0 saturated carbocycles. The summed E-state index contributed by atoms with van der Waals surface area (Å²) in [5, 5.41) is 9.79. The summed E-state index contributed by atoms with van der Waals surface area (Å²) in [5.41, 5.74) is 5.40. The topological polar surface area (TPSA) is 18.1 Å². The van der Waals surface area contributed by atoms with E-state index in [1.165, 1.54) is 43.5 Å². The molecule has 0 unspecified atom stereocenters. The second-order valence-electron chi connectivity index (χ2n) is 9.01. The van der Waals surface area contributed by atoms with Crippen LogP contribution in [0.25, 0.3) is 71.0 Å². The SMILES string of the molecule is c1ccc2cc3c(cc2c1)c1cc2c(cc1n3-c1cccc3ccccc13)oc1ccccc12. The van der Waals surface area contributed by atoms with Gasteiger partial charge in [0.2, 0.25) is 0 Å². The van der Waals surface area contributed by atoms with E-state index in [-0.39, 0.29) is 0 Å². The molecule has 0 amide bonds. The third-order valence-corrected chi connectivity index (χ3v) is 7.14. The number of para-hydroxylation sites is 1. The quantitative estimate of drug-likeness (QED) is 0.253. The molecule has 0 aliphatic carbocycles. The standard InChI is InChI=1S/C32H19NO/c1-2-10-22-17-29-25(16-21(22)9-1)26-18-27-24-13-5-6-15-31(24)34-32(27)19-30(26)33(29)28-14-7-11-20-8-3-4-12-23(20)28/h1-19H. The van der Waals surface area contributed by atoms with Gasteiger partial charge >= 0.3 is 0 Å². The summed E-state index contributed by atoms with van der Waals surface area (Å²) in [6.45, 7) is 0. The van der Waals surface area contributed by atoms with E-state index in [0.717, 1.165) is 27.5 Å². The second kappa shape index (κ2) is 6.49. The molecule has 0 spiro atoms. The minimum Gasteiger partial charge on any atom is -0.456 e. The summed E-state index contributed by atoms with van der Waals surface area (Å²) in [7, 11) is 0. The van der Waals surface area contributed by atoms with Crippen molar-refractivity contribution in [1.82, 2.24) is 4.57 Å². The van der Waals surface area contributed by atoms with Crippen LogP contribution in [0.1, 0.15) is 0 Å². The molecule has 0 radical (unpaired) electrons. The van der Waals surface area contributed by atoms with E-state index < -0.39 is 0 Å². The van der Waals surface area contributed by atoms with Crippen LogP contribution in [-0.2, 0) is 0 Å². The lowest BCUT2D eigenvalue weighted by atomic mass is 10.0. The first kappa shape index (κ1) is 17.9. The molecule has 0 saturated heterocycles. The van der Waals surface area contributed by atoms with Crippen LogP contribution in [0.4, 0.5) is 0 Å². The molecule has 6 aromatic carbocycles. The molecule has 0 fully saturated rings. The minimum absolute atomic E-state index is 0.919. The van der Waals surface area contributed by atoms with Gasteiger partial charge in [-0.15, -0.1) is 0 Å². The molecular formula is C32H19NO. The van der Waals surface area contributed by atoms with E-state index in [0.29, 0.717) is 0 Å². The number of hydrogen-bond acceptors (Lipinski definition) is 1. The van der Waals surface area contributed by atoms with E-state index in [1.54, 1.807) is 0 Å². The van der Waals surface area contributed by atoms with E-state index in [9.17, 15) is 0 Å². The van der Waals surface area contributed by atoms with Gasteiger partial charge in [-0.1, -0.05) is 78.9 Å². The Morgan fingerprint density at radius 2 is 1.06 bits per heavy atom. The molecule has 2 nitrogen and oxygen atoms in total. The number of hydrogen-bond donors (Lipinski definition) is 0. The Labute approximate surface area is 195 Å². The molecule has 0 N–H and O–H groups in total. The van der Waals surface area contributed by atoms with Crippen LogP contribution in [-0.4, -0.2) is 4.57 Å². The van der Waals surface area contributed by atoms with Gasteiger partial charge < -0.3 is 8.98 Å². The zero-order valence-corrected chi connectivity index (χ0v) is 18.3. The average molecular weight is 434 g/mol. The van der Waals surface area contributed by atoms with Crippen LogP contribution in [0.3, 0.4) is 0 Å². The number of fused-ring (bicyclic) bond motifs is 8. The van der Waals surface area contributed by atoms with Crippen LogP contribution < -0.4 is 0 Å². The van der Waals surface area contributed by atoms with Crippen LogP contribution in [0.15, 0.2) is 120 Å². The highest BCUT2D eigenvalue weighted by atomic mass is 16.3. The lowest BCUT2D eigenvalue weighted by Crippen LogP contribution is -1.95. The highest BCUT2D eigenvalue weighted by Crippen LogP contribution is 2.40. The molecule has 34 heavy (non-hydrogen) atoms. The summed E-state index contributed by atoms with van der Waals surface area (Å²) in [5.74, 6) is 0. The zero-order chi connectivity index (χ0) is 22.2. The molecule has 158 valence electrons. The number of furan rings is 1. The Morgan fingerprint density at radius 1 is 0.412 bits per heavy atom. The van der Waals surface area contributed by atoms with Gasteiger partial charge in [-0.3, -0.25) is 0 Å². The van der Waals surface area contributed by atoms with Gasteiger partial charge in [-0.25, -0.2) is 0 Å². The first-order valence-electron chi connectivity index (χ1n) is 11.6. The largest absolute Gasteiger partial charge is 0.456 e. The van der Waals surface area contributed by atoms with Crippen molar-refractivity contribution in [2.75, 3.05) is 0 Å². The summed E-state index contributed by atoms with van der Waals surface area (Å²) in [4.78, 5) is 0. The van der Waals surface area contributed by atoms with Crippen molar-refractivity contribution in [3.8, 4) is 5.69 Å². The Bertz CT molecular complexity index is 2070. The molecule has 0 aliphatic heterocycles.